The third kappa shape index (κ3) is 6.01. The average molecular weight is 461 g/mol. The molecule has 32 heavy (non-hydrogen) atoms. The average Bonchev–Trinajstić information content (AvgIpc) is 3.34. The molecule has 170 valence electrons. The molecule has 3 aromatic rings. The van der Waals surface area contributed by atoms with E-state index < -0.39 is 11.9 Å². The molecule has 2 heterocycles. The maximum absolute atomic E-state index is 11.7. The van der Waals surface area contributed by atoms with Gasteiger partial charge in [-0.05, 0) is 51.1 Å². The molecule has 0 saturated carbocycles. The van der Waals surface area contributed by atoms with Crippen LogP contribution in [0.25, 0.3) is 11.3 Å². The van der Waals surface area contributed by atoms with Crippen molar-refractivity contribution in [1.82, 2.24) is 9.55 Å². The Hall–Kier alpha value is -3.52. The predicted octanol–water partition coefficient (Wildman–Crippen LogP) is 4.72. The molecule has 0 spiro atoms. The smallest absolute Gasteiger partial charge is 0.339 e. The van der Waals surface area contributed by atoms with Crippen LogP contribution in [0.15, 0.2) is 42.7 Å². The Morgan fingerprint density at radius 3 is 2.25 bits per heavy atom. The van der Waals surface area contributed by atoms with Gasteiger partial charge in [0.05, 0.1) is 29.9 Å². The summed E-state index contributed by atoms with van der Waals surface area (Å²) in [6.45, 7) is 6.05. The lowest BCUT2D eigenvalue weighted by Gasteiger charge is -2.07. The zero-order valence-electron chi connectivity index (χ0n) is 18.3. The maximum Gasteiger partial charge on any atom is 0.339 e. The molecule has 9 heteroatoms. The summed E-state index contributed by atoms with van der Waals surface area (Å²) in [5.41, 5.74) is 2.99. The summed E-state index contributed by atoms with van der Waals surface area (Å²) in [7, 11) is 1.73. The van der Waals surface area contributed by atoms with E-state index >= 15 is 0 Å². The normalized spacial score (nSPS) is 10.2. The number of carboxylic acids is 1. The molecule has 8 nitrogen and oxygen atoms in total. The van der Waals surface area contributed by atoms with Gasteiger partial charge in [0, 0.05) is 41.4 Å². The zero-order chi connectivity index (χ0) is 23.8. The molecule has 2 N–H and O–H groups in total. The Labute approximate surface area is 190 Å². The minimum absolute atomic E-state index is 0.121. The van der Waals surface area contributed by atoms with E-state index in [1.807, 2.05) is 6.92 Å². The lowest BCUT2D eigenvalue weighted by molar-refractivity contribution is 0.0516. The van der Waals surface area contributed by atoms with Gasteiger partial charge in [-0.25, -0.2) is 14.4 Å². The van der Waals surface area contributed by atoms with Crippen LogP contribution >= 0.6 is 11.6 Å². The largest absolute Gasteiger partial charge is 0.478 e. The fourth-order valence-corrected chi connectivity index (χ4v) is 3.13. The second-order valence-corrected chi connectivity index (χ2v) is 7.11. The summed E-state index contributed by atoms with van der Waals surface area (Å²) >= 11 is 5.95. The number of nitrogens with zero attached hydrogens (tertiary/aromatic N) is 1. The van der Waals surface area contributed by atoms with Crippen LogP contribution < -0.4 is 0 Å². The van der Waals surface area contributed by atoms with Crippen LogP contribution in [-0.2, 0) is 16.5 Å². The highest BCUT2D eigenvalue weighted by atomic mass is 35.5. The SMILES string of the molecule is CCOC(=O)c1cc(-c2cc(Cl)ccc2C(=O)O)n(C)c1.CCOC(=O)c1cc[nH]c1C. The van der Waals surface area contributed by atoms with Crippen molar-refractivity contribution in [2.45, 2.75) is 20.8 Å². The Morgan fingerprint density at radius 1 is 1.03 bits per heavy atom. The molecule has 0 radical (unpaired) electrons. The number of aromatic carboxylic acids is 1. The zero-order valence-corrected chi connectivity index (χ0v) is 19.0. The van der Waals surface area contributed by atoms with E-state index in [9.17, 15) is 19.5 Å². The van der Waals surface area contributed by atoms with E-state index in [0.717, 1.165) is 5.69 Å². The van der Waals surface area contributed by atoms with Crippen LogP contribution in [0.5, 0.6) is 0 Å². The van der Waals surface area contributed by atoms with E-state index in [4.69, 9.17) is 21.1 Å². The third-order valence-corrected chi connectivity index (χ3v) is 4.69. The van der Waals surface area contributed by atoms with E-state index in [-0.39, 0.29) is 18.1 Å². The topological polar surface area (TPSA) is 111 Å². The Morgan fingerprint density at radius 2 is 1.69 bits per heavy atom. The number of hydrogen-bond donors (Lipinski definition) is 2. The van der Waals surface area contributed by atoms with Crippen LogP contribution in [-0.4, -0.2) is 45.8 Å². The fourth-order valence-electron chi connectivity index (χ4n) is 2.96. The quantitative estimate of drug-likeness (QED) is 0.515. The van der Waals surface area contributed by atoms with Gasteiger partial charge < -0.3 is 24.1 Å². The van der Waals surface area contributed by atoms with Gasteiger partial charge in [-0.1, -0.05) is 11.6 Å². The standard InChI is InChI=1S/C15H14ClNO4.C8H11NO2/c1-3-21-15(20)9-6-13(17(2)8-9)12-7-10(16)4-5-11(12)14(18)19;1-3-11-8(10)7-4-5-9-6(7)2/h4-8H,3H2,1-2H3,(H,18,19);4-5,9H,3H2,1-2H3. The number of H-pyrrole nitrogens is 1. The number of rotatable bonds is 6. The molecule has 0 fully saturated rings. The van der Waals surface area contributed by atoms with E-state index in [0.29, 0.717) is 34.0 Å². The molecule has 0 unspecified atom stereocenters. The van der Waals surface area contributed by atoms with Gasteiger partial charge in [0.15, 0.2) is 0 Å². The first-order valence-electron chi connectivity index (χ1n) is 9.87. The summed E-state index contributed by atoms with van der Waals surface area (Å²) in [5, 5.41) is 9.69. The monoisotopic (exact) mass is 460 g/mol. The molecular weight excluding hydrogens is 436 g/mol. The number of aromatic amines is 1. The van der Waals surface area contributed by atoms with Gasteiger partial charge in [0.25, 0.3) is 0 Å². The molecule has 0 aliphatic carbocycles. The molecule has 2 aromatic heterocycles. The van der Waals surface area contributed by atoms with Crippen molar-refractivity contribution in [2.75, 3.05) is 13.2 Å². The summed E-state index contributed by atoms with van der Waals surface area (Å²) in [6, 6.07) is 7.83. The number of hydrogen-bond acceptors (Lipinski definition) is 5. The van der Waals surface area contributed by atoms with Crippen molar-refractivity contribution in [3.63, 3.8) is 0 Å². The van der Waals surface area contributed by atoms with Gasteiger partial charge in [-0.3, -0.25) is 0 Å². The number of halogens is 1. The highest BCUT2D eigenvalue weighted by Crippen LogP contribution is 2.28. The van der Waals surface area contributed by atoms with Gasteiger partial charge in [-0.2, -0.15) is 0 Å². The van der Waals surface area contributed by atoms with E-state index in [2.05, 4.69) is 4.98 Å². The summed E-state index contributed by atoms with van der Waals surface area (Å²) in [5.74, 6) is -1.76. The van der Waals surface area contributed by atoms with Gasteiger partial charge >= 0.3 is 17.9 Å². The molecular formula is C23H25ClN2O6. The van der Waals surface area contributed by atoms with Crippen molar-refractivity contribution in [1.29, 1.82) is 0 Å². The number of esters is 2. The molecule has 0 aliphatic heterocycles. The summed E-state index contributed by atoms with van der Waals surface area (Å²) in [4.78, 5) is 37.1. The summed E-state index contributed by atoms with van der Waals surface area (Å²) < 4.78 is 11.4. The number of nitrogens with one attached hydrogen (secondary N) is 1. The second kappa shape index (κ2) is 11.2. The lowest BCUT2D eigenvalue weighted by Crippen LogP contribution is -2.04. The Kier molecular flexibility index (Phi) is 8.66. The van der Waals surface area contributed by atoms with Crippen LogP contribution in [0.4, 0.5) is 0 Å². The number of carbonyl (C=O) groups is 3. The number of carbonyl (C=O) groups excluding carboxylic acids is 2. The van der Waals surface area contributed by atoms with Gasteiger partial charge in [0.1, 0.15) is 0 Å². The van der Waals surface area contributed by atoms with Crippen molar-refractivity contribution in [2.24, 2.45) is 7.05 Å². The van der Waals surface area contributed by atoms with Crippen molar-refractivity contribution in [3.8, 4) is 11.3 Å². The first-order chi connectivity index (χ1) is 15.2. The van der Waals surface area contributed by atoms with E-state index in [1.54, 1.807) is 56.1 Å². The molecule has 0 saturated heterocycles. The minimum Gasteiger partial charge on any atom is -0.478 e. The fraction of sp³-hybridized carbons (Fsp3) is 0.261. The number of aromatic nitrogens is 2. The highest BCUT2D eigenvalue weighted by Gasteiger charge is 2.18. The van der Waals surface area contributed by atoms with Crippen molar-refractivity contribution < 1.29 is 29.0 Å². The van der Waals surface area contributed by atoms with Gasteiger partial charge in [0.2, 0.25) is 0 Å². The summed E-state index contributed by atoms with van der Waals surface area (Å²) in [6.07, 6.45) is 3.32. The van der Waals surface area contributed by atoms with Gasteiger partial charge in [-0.15, -0.1) is 0 Å². The lowest BCUT2D eigenvalue weighted by atomic mass is 10.0. The number of carboxylic acid groups (broad SMARTS) is 1. The highest BCUT2D eigenvalue weighted by molar-refractivity contribution is 6.31. The maximum atomic E-state index is 11.7. The molecule has 0 amide bonds. The predicted molar refractivity (Wildman–Crippen MR) is 120 cm³/mol. The van der Waals surface area contributed by atoms with Crippen LogP contribution in [0.1, 0.15) is 50.6 Å². The number of ether oxygens (including phenoxy) is 2. The number of aryl methyl sites for hydroxylation is 2. The van der Waals surface area contributed by atoms with Crippen LogP contribution in [0, 0.1) is 6.92 Å². The Balaban J connectivity index is 0.000000278. The van der Waals surface area contributed by atoms with Crippen molar-refractivity contribution in [3.05, 3.63) is 70.1 Å². The first kappa shape index (κ1) is 24.7. The second-order valence-electron chi connectivity index (χ2n) is 6.68. The molecule has 1 aromatic carbocycles. The molecule has 3 rings (SSSR count). The van der Waals surface area contributed by atoms with Crippen LogP contribution in [0.2, 0.25) is 5.02 Å². The minimum atomic E-state index is -1.06. The molecule has 0 bridgehead atoms. The third-order valence-electron chi connectivity index (χ3n) is 4.45. The molecule has 0 atom stereocenters. The van der Waals surface area contributed by atoms with E-state index in [1.165, 1.54) is 12.1 Å². The van der Waals surface area contributed by atoms with Crippen molar-refractivity contribution >= 4 is 29.5 Å². The van der Waals surface area contributed by atoms with Crippen LogP contribution in [0.3, 0.4) is 0 Å². The first-order valence-corrected chi connectivity index (χ1v) is 10.2. The Bertz CT molecular complexity index is 1120. The number of benzene rings is 1. The molecule has 0 aliphatic rings.